The summed E-state index contributed by atoms with van der Waals surface area (Å²) in [6.45, 7) is 11.9. The second-order valence-electron chi connectivity index (χ2n) is 9.45. The lowest BCUT2D eigenvalue weighted by Crippen LogP contribution is -2.22. The van der Waals surface area contributed by atoms with Crippen molar-refractivity contribution in [2.75, 3.05) is 10.6 Å². The molecule has 8 nitrogen and oxygen atoms in total. The van der Waals surface area contributed by atoms with E-state index < -0.39 is 0 Å². The van der Waals surface area contributed by atoms with Gasteiger partial charge in [-0.2, -0.15) is 5.10 Å². The minimum Gasteiger partial charge on any atom is -0.300 e. The molecule has 0 bridgehead atoms. The van der Waals surface area contributed by atoms with E-state index in [0.29, 0.717) is 17.4 Å². The number of Topliss-reactive ketones (excluding diaryl/α,β-unsaturated/α-hetero) is 1. The van der Waals surface area contributed by atoms with E-state index in [4.69, 9.17) is 0 Å². The van der Waals surface area contributed by atoms with Crippen molar-refractivity contribution in [3.63, 3.8) is 0 Å². The van der Waals surface area contributed by atoms with Gasteiger partial charge in [-0.25, -0.2) is 14.5 Å². The number of hydrogen-bond acceptors (Lipinski definition) is 6. The predicted molar refractivity (Wildman–Crippen MR) is 132 cm³/mol. The number of rotatable bonds is 8. The SMILES string of the molecule is CC(=O)Cc1cc(CCc2cnc(NC(=O)Nc3cc(C(C)(C)C)nn3C(C)C)s2)ccn1. The zero-order valence-electron chi connectivity index (χ0n) is 20.1. The van der Waals surface area contributed by atoms with Crippen molar-refractivity contribution in [2.45, 2.75) is 72.3 Å². The Hall–Kier alpha value is -3.07. The molecule has 2 N–H and O–H groups in total. The Morgan fingerprint density at radius 2 is 1.88 bits per heavy atom. The van der Waals surface area contributed by atoms with Crippen molar-refractivity contribution in [3.05, 3.63) is 52.4 Å². The number of thiazole rings is 1. The average molecular weight is 469 g/mol. The first-order chi connectivity index (χ1) is 15.5. The van der Waals surface area contributed by atoms with Gasteiger partial charge in [0.2, 0.25) is 0 Å². The van der Waals surface area contributed by atoms with Crippen LogP contribution >= 0.6 is 11.3 Å². The van der Waals surface area contributed by atoms with E-state index in [2.05, 4.69) is 46.5 Å². The van der Waals surface area contributed by atoms with E-state index in [1.807, 2.05) is 36.7 Å². The molecular weight excluding hydrogens is 436 g/mol. The summed E-state index contributed by atoms with van der Waals surface area (Å²) in [5.74, 6) is 0.755. The molecule has 0 saturated heterocycles. The smallest absolute Gasteiger partial charge is 0.300 e. The van der Waals surface area contributed by atoms with E-state index >= 15 is 0 Å². The zero-order chi connectivity index (χ0) is 24.2. The summed E-state index contributed by atoms with van der Waals surface area (Å²) in [4.78, 5) is 33.6. The summed E-state index contributed by atoms with van der Waals surface area (Å²) in [6.07, 6.45) is 5.48. The first kappa shape index (κ1) is 24.6. The molecule has 0 fully saturated rings. The quantitative estimate of drug-likeness (QED) is 0.475. The fourth-order valence-corrected chi connectivity index (χ4v) is 4.08. The van der Waals surface area contributed by atoms with Gasteiger partial charge in [-0.1, -0.05) is 20.8 Å². The topological polar surface area (TPSA) is 102 Å². The molecule has 0 atom stereocenters. The molecule has 176 valence electrons. The summed E-state index contributed by atoms with van der Waals surface area (Å²) in [6, 6.07) is 5.62. The predicted octanol–water partition coefficient (Wildman–Crippen LogP) is 5.17. The normalized spacial score (nSPS) is 11.6. The molecule has 0 spiro atoms. The third kappa shape index (κ3) is 6.95. The van der Waals surface area contributed by atoms with Crippen LogP contribution in [0.4, 0.5) is 15.7 Å². The molecule has 0 aromatic carbocycles. The Morgan fingerprint density at radius 3 is 2.55 bits per heavy atom. The van der Waals surface area contributed by atoms with Gasteiger partial charge in [0.15, 0.2) is 5.13 Å². The maximum absolute atomic E-state index is 12.6. The highest BCUT2D eigenvalue weighted by molar-refractivity contribution is 7.15. The van der Waals surface area contributed by atoms with Crippen molar-refractivity contribution >= 4 is 34.1 Å². The molecule has 0 saturated carbocycles. The van der Waals surface area contributed by atoms with E-state index in [9.17, 15) is 9.59 Å². The highest BCUT2D eigenvalue weighted by atomic mass is 32.1. The molecular formula is C24H32N6O2S. The molecule has 2 amide bonds. The molecule has 0 unspecified atom stereocenters. The maximum Gasteiger partial charge on any atom is 0.326 e. The number of amides is 2. The van der Waals surface area contributed by atoms with Gasteiger partial charge < -0.3 is 0 Å². The number of ketones is 1. The summed E-state index contributed by atoms with van der Waals surface area (Å²) in [7, 11) is 0. The minimum absolute atomic E-state index is 0.0992. The third-order valence-electron chi connectivity index (χ3n) is 4.98. The molecule has 0 aliphatic carbocycles. The van der Waals surface area contributed by atoms with Crippen molar-refractivity contribution < 1.29 is 9.59 Å². The first-order valence-electron chi connectivity index (χ1n) is 11.1. The molecule has 3 aromatic heterocycles. The molecule has 0 aliphatic rings. The van der Waals surface area contributed by atoms with Crippen molar-refractivity contribution in [3.8, 4) is 0 Å². The van der Waals surface area contributed by atoms with E-state index in [-0.39, 0.29) is 23.3 Å². The first-order valence-corrected chi connectivity index (χ1v) is 11.9. The summed E-state index contributed by atoms with van der Waals surface area (Å²) in [5, 5.41) is 10.9. The number of nitrogens with zero attached hydrogens (tertiary/aromatic N) is 4. The molecule has 3 heterocycles. The number of urea groups is 1. The second-order valence-corrected chi connectivity index (χ2v) is 10.6. The molecule has 9 heteroatoms. The Morgan fingerprint density at radius 1 is 1.12 bits per heavy atom. The lowest BCUT2D eigenvalue weighted by atomic mass is 9.92. The molecule has 3 aromatic rings. The Labute approximate surface area is 198 Å². The Balaban J connectivity index is 1.59. The molecule has 33 heavy (non-hydrogen) atoms. The fourth-order valence-electron chi connectivity index (χ4n) is 3.28. The van der Waals surface area contributed by atoms with Gasteiger partial charge >= 0.3 is 6.03 Å². The van der Waals surface area contributed by atoms with Crippen LogP contribution in [0.25, 0.3) is 0 Å². The van der Waals surface area contributed by atoms with Gasteiger partial charge in [-0.05, 0) is 51.3 Å². The number of carbonyl (C=O) groups is 2. The van der Waals surface area contributed by atoms with E-state index in [1.54, 1.807) is 19.3 Å². The van der Waals surface area contributed by atoms with Crippen molar-refractivity contribution in [1.29, 1.82) is 0 Å². The summed E-state index contributed by atoms with van der Waals surface area (Å²) >= 11 is 1.45. The van der Waals surface area contributed by atoms with Crippen LogP contribution in [0.1, 0.15) is 69.4 Å². The largest absolute Gasteiger partial charge is 0.326 e. The van der Waals surface area contributed by atoms with Crippen LogP contribution in [0.3, 0.4) is 0 Å². The van der Waals surface area contributed by atoms with Gasteiger partial charge in [0, 0.05) is 46.9 Å². The van der Waals surface area contributed by atoms with Crippen LogP contribution in [0, 0.1) is 0 Å². The van der Waals surface area contributed by atoms with Gasteiger partial charge in [-0.3, -0.25) is 20.4 Å². The van der Waals surface area contributed by atoms with E-state index in [0.717, 1.165) is 34.7 Å². The van der Waals surface area contributed by atoms with Gasteiger partial charge in [0.05, 0.1) is 5.69 Å². The third-order valence-corrected chi connectivity index (χ3v) is 5.95. The maximum atomic E-state index is 12.6. The Bertz CT molecular complexity index is 1130. The van der Waals surface area contributed by atoms with Crippen LogP contribution in [0.15, 0.2) is 30.6 Å². The van der Waals surface area contributed by atoms with Gasteiger partial charge in [0.1, 0.15) is 11.6 Å². The van der Waals surface area contributed by atoms with E-state index in [1.165, 1.54) is 11.3 Å². The Kier molecular flexibility index (Phi) is 7.63. The van der Waals surface area contributed by atoms with Crippen LogP contribution < -0.4 is 10.6 Å². The molecule has 0 radical (unpaired) electrons. The minimum atomic E-state index is -0.346. The number of carbonyl (C=O) groups excluding carboxylic acids is 2. The monoisotopic (exact) mass is 468 g/mol. The van der Waals surface area contributed by atoms with Gasteiger partial charge in [-0.15, -0.1) is 11.3 Å². The average Bonchev–Trinajstić information content (AvgIpc) is 3.33. The highest BCUT2D eigenvalue weighted by Gasteiger charge is 2.22. The molecule has 0 aliphatic heterocycles. The number of anilines is 2. The number of aromatic nitrogens is 4. The fraction of sp³-hybridized carbons (Fsp3) is 0.458. The zero-order valence-corrected chi connectivity index (χ0v) is 20.9. The van der Waals surface area contributed by atoms with Crippen LogP contribution in [-0.4, -0.2) is 31.6 Å². The second kappa shape index (κ2) is 10.2. The van der Waals surface area contributed by atoms with Crippen molar-refractivity contribution in [2.24, 2.45) is 0 Å². The van der Waals surface area contributed by atoms with Crippen LogP contribution in [-0.2, 0) is 29.5 Å². The number of nitrogens with one attached hydrogen (secondary N) is 2. The lowest BCUT2D eigenvalue weighted by Gasteiger charge is -2.14. The van der Waals surface area contributed by atoms with Crippen LogP contribution in [0.2, 0.25) is 0 Å². The standard InChI is InChI=1S/C24H32N6O2S/c1-15(2)30-21(13-20(29-30)24(4,5)6)27-22(32)28-23-26-14-19(33-23)8-7-17-9-10-25-18(12-17)11-16(3)31/h9-10,12-15H,7-8,11H2,1-6H3,(H2,26,27,28,32). The number of hydrogen-bond donors (Lipinski definition) is 2. The van der Waals surface area contributed by atoms with Crippen LogP contribution in [0.5, 0.6) is 0 Å². The summed E-state index contributed by atoms with van der Waals surface area (Å²) in [5.41, 5.74) is 2.72. The molecule has 3 rings (SSSR count). The highest BCUT2D eigenvalue weighted by Crippen LogP contribution is 2.26. The van der Waals surface area contributed by atoms with Gasteiger partial charge in [0.25, 0.3) is 0 Å². The lowest BCUT2D eigenvalue weighted by molar-refractivity contribution is -0.116. The van der Waals surface area contributed by atoms with Crippen molar-refractivity contribution in [1.82, 2.24) is 19.7 Å². The summed E-state index contributed by atoms with van der Waals surface area (Å²) < 4.78 is 1.82. The number of aryl methyl sites for hydroxylation is 2. The number of pyridine rings is 1.